The summed E-state index contributed by atoms with van der Waals surface area (Å²) >= 11 is 0. The molecular formula is C16H22N2O3. The van der Waals surface area contributed by atoms with Gasteiger partial charge < -0.3 is 10.4 Å². The molecule has 1 heterocycles. The van der Waals surface area contributed by atoms with Gasteiger partial charge in [0, 0.05) is 17.8 Å². The highest BCUT2D eigenvalue weighted by molar-refractivity contribution is 6.00. The Hall–Kier alpha value is -1.88. The third-order valence-electron chi connectivity index (χ3n) is 3.88. The van der Waals surface area contributed by atoms with Gasteiger partial charge in [-0.3, -0.25) is 14.9 Å². The molecule has 2 atom stereocenters. The van der Waals surface area contributed by atoms with E-state index in [1.165, 1.54) is 0 Å². The highest BCUT2D eigenvalue weighted by Gasteiger charge is 2.23. The molecule has 5 nitrogen and oxygen atoms in total. The quantitative estimate of drug-likeness (QED) is 0.699. The first-order chi connectivity index (χ1) is 10.0. The van der Waals surface area contributed by atoms with E-state index in [0.717, 1.165) is 30.6 Å². The Morgan fingerprint density at radius 1 is 1.43 bits per heavy atom. The average molecular weight is 290 g/mol. The SMILES string of the molecule is CCC(NC(C)C(=O)c1ccc2c(c1)CCCN2)C(=O)O. The molecule has 0 saturated heterocycles. The number of carbonyl (C=O) groups is 2. The van der Waals surface area contributed by atoms with E-state index in [1.807, 2.05) is 12.1 Å². The molecule has 1 aliphatic rings. The number of nitrogens with one attached hydrogen (secondary N) is 2. The molecule has 2 rings (SSSR count). The molecule has 0 aliphatic carbocycles. The number of carbonyl (C=O) groups excluding carboxylic acids is 1. The first kappa shape index (κ1) is 15.5. The van der Waals surface area contributed by atoms with E-state index in [0.29, 0.717) is 12.0 Å². The predicted octanol–water partition coefficient (Wildman–Crippen LogP) is 2.07. The Labute approximate surface area is 124 Å². The number of anilines is 1. The molecule has 1 aromatic carbocycles. The zero-order valence-electron chi connectivity index (χ0n) is 12.5. The van der Waals surface area contributed by atoms with Crippen LogP contribution in [0.25, 0.3) is 0 Å². The molecule has 0 aromatic heterocycles. The minimum Gasteiger partial charge on any atom is -0.480 e. The van der Waals surface area contributed by atoms with Gasteiger partial charge in [0.25, 0.3) is 0 Å². The number of carboxylic acids is 1. The topological polar surface area (TPSA) is 78.4 Å². The molecule has 5 heteroatoms. The Morgan fingerprint density at radius 2 is 2.19 bits per heavy atom. The lowest BCUT2D eigenvalue weighted by Gasteiger charge is -2.21. The summed E-state index contributed by atoms with van der Waals surface area (Å²) in [5.41, 5.74) is 2.89. The van der Waals surface area contributed by atoms with E-state index < -0.39 is 18.1 Å². The Kier molecular flexibility index (Phi) is 4.96. The summed E-state index contributed by atoms with van der Waals surface area (Å²) in [6.07, 6.45) is 2.48. The lowest BCUT2D eigenvalue weighted by Crippen LogP contribution is -2.45. The van der Waals surface area contributed by atoms with Crippen LogP contribution in [0.1, 0.15) is 42.6 Å². The predicted molar refractivity (Wildman–Crippen MR) is 81.9 cm³/mol. The number of aliphatic carboxylic acids is 1. The maximum Gasteiger partial charge on any atom is 0.320 e. The van der Waals surface area contributed by atoms with E-state index in [4.69, 9.17) is 5.11 Å². The smallest absolute Gasteiger partial charge is 0.320 e. The number of fused-ring (bicyclic) bond motifs is 1. The highest BCUT2D eigenvalue weighted by Crippen LogP contribution is 2.23. The molecule has 0 saturated carbocycles. The number of rotatable bonds is 6. The first-order valence-corrected chi connectivity index (χ1v) is 7.42. The molecule has 1 aromatic rings. The summed E-state index contributed by atoms with van der Waals surface area (Å²) in [4.78, 5) is 23.5. The van der Waals surface area contributed by atoms with Crippen LogP contribution in [-0.2, 0) is 11.2 Å². The lowest BCUT2D eigenvalue weighted by atomic mass is 9.97. The molecule has 3 N–H and O–H groups in total. The number of ketones is 1. The van der Waals surface area contributed by atoms with Gasteiger partial charge in [0.1, 0.15) is 6.04 Å². The van der Waals surface area contributed by atoms with Crippen molar-refractivity contribution < 1.29 is 14.7 Å². The fourth-order valence-corrected chi connectivity index (χ4v) is 2.62. The molecule has 0 spiro atoms. The van der Waals surface area contributed by atoms with Crippen LogP contribution in [0.4, 0.5) is 5.69 Å². The maximum absolute atomic E-state index is 12.4. The molecule has 114 valence electrons. The van der Waals surface area contributed by atoms with Crippen LogP contribution in [0.5, 0.6) is 0 Å². The summed E-state index contributed by atoms with van der Waals surface area (Å²) in [7, 11) is 0. The van der Waals surface area contributed by atoms with Gasteiger partial charge in [-0.2, -0.15) is 0 Å². The van der Waals surface area contributed by atoms with E-state index in [2.05, 4.69) is 10.6 Å². The van der Waals surface area contributed by atoms with Crippen molar-refractivity contribution in [2.45, 2.75) is 45.2 Å². The third kappa shape index (κ3) is 3.61. The summed E-state index contributed by atoms with van der Waals surface area (Å²) in [5, 5.41) is 15.2. The number of hydrogen-bond acceptors (Lipinski definition) is 4. The standard InChI is InChI=1S/C16H22N2O3/c1-3-13(16(20)21)18-10(2)15(19)12-6-7-14-11(9-12)5-4-8-17-14/h6-7,9-10,13,17-18H,3-5,8H2,1-2H3,(H,20,21). The average Bonchev–Trinajstić information content (AvgIpc) is 2.50. The number of aryl methyl sites for hydroxylation is 1. The Bertz CT molecular complexity index is 542. The van der Waals surface area contributed by atoms with Gasteiger partial charge in [-0.25, -0.2) is 0 Å². The van der Waals surface area contributed by atoms with Crippen LogP contribution in [0, 0.1) is 0 Å². The second-order valence-electron chi connectivity index (χ2n) is 5.45. The normalized spacial score (nSPS) is 16.5. The summed E-state index contributed by atoms with van der Waals surface area (Å²) in [6, 6.07) is 4.45. The maximum atomic E-state index is 12.4. The second-order valence-corrected chi connectivity index (χ2v) is 5.45. The number of Topliss-reactive ketones (excluding diaryl/α,β-unsaturated/α-hetero) is 1. The third-order valence-corrected chi connectivity index (χ3v) is 3.88. The molecule has 2 unspecified atom stereocenters. The fourth-order valence-electron chi connectivity index (χ4n) is 2.62. The van der Waals surface area contributed by atoms with Crippen molar-refractivity contribution in [3.05, 3.63) is 29.3 Å². The van der Waals surface area contributed by atoms with Crippen molar-refractivity contribution in [2.24, 2.45) is 0 Å². The molecule has 0 radical (unpaired) electrons. The molecule has 21 heavy (non-hydrogen) atoms. The Morgan fingerprint density at radius 3 is 2.86 bits per heavy atom. The summed E-state index contributed by atoms with van der Waals surface area (Å²) in [6.45, 7) is 4.47. The number of benzene rings is 1. The molecule has 0 amide bonds. The minimum atomic E-state index is -0.924. The zero-order chi connectivity index (χ0) is 15.4. The van der Waals surface area contributed by atoms with E-state index in [-0.39, 0.29) is 5.78 Å². The van der Waals surface area contributed by atoms with Gasteiger partial charge >= 0.3 is 5.97 Å². The van der Waals surface area contributed by atoms with Crippen molar-refractivity contribution in [1.82, 2.24) is 5.32 Å². The fraction of sp³-hybridized carbons (Fsp3) is 0.500. The van der Waals surface area contributed by atoms with Gasteiger partial charge in [-0.1, -0.05) is 6.92 Å². The van der Waals surface area contributed by atoms with Crippen molar-refractivity contribution in [3.63, 3.8) is 0 Å². The summed E-state index contributed by atoms with van der Waals surface area (Å²) < 4.78 is 0. The lowest BCUT2D eigenvalue weighted by molar-refractivity contribution is -0.139. The van der Waals surface area contributed by atoms with E-state index in [1.54, 1.807) is 19.9 Å². The van der Waals surface area contributed by atoms with Gasteiger partial charge in [-0.05, 0) is 49.9 Å². The minimum absolute atomic E-state index is 0.0666. The number of carboxylic acid groups (broad SMARTS) is 1. The zero-order valence-corrected chi connectivity index (χ0v) is 12.5. The molecule has 0 fully saturated rings. The summed E-state index contributed by atoms with van der Waals surface area (Å²) in [5.74, 6) is -0.991. The molecule has 1 aliphatic heterocycles. The van der Waals surface area contributed by atoms with Crippen molar-refractivity contribution in [2.75, 3.05) is 11.9 Å². The molecule has 0 bridgehead atoms. The van der Waals surface area contributed by atoms with Crippen molar-refractivity contribution >= 4 is 17.4 Å². The van der Waals surface area contributed by atoms with Gasteiger partial charge in [0.2, 0.25) is 0 Å². The first-order valence-electron chi connectivity index (χ1n) is 7.42. The van der Waals surface area contributed by atoms with Crippen molar-refractivity contribution in [3.8, 4) is 0 Å². The van der Waals surface area contributed by atoms with E-state index >= 15 is 0 Å². The largest absolute Gasteiger partial charge is 0.480 e. The van der Waals surface area contributed by atoms with Crippen LogP contribution in [-0.4, -0.2) is 35.5 Å². The number of hydrogen-bond donors (Lipinski definition) is 3. The van der Waals surface area contributed by atoms with Crippen LogP contribution in [0.2, 0.25) is 0 Å². The highest BCUT2D eigenvalue weighted by atomic mass is 16.4. The van der Waals surface area contributed by atoms with Crippen LogP contribution < -0.4 is 10.6 Å². The molecular weight excluding hydrogens is 268 g/mol. The van der Waals surface area contributed by atoms with Crippen LogP contribution >= 0.6 is 0 Å². The van der Waals surface area contributed by atoms with Crippen molar-refractivity contribution in [1.29, 1.82) is 0 Å². The van der Waals surface area contributed by atoms with Crippen LogP contribution in [0.15, 0.2) is 18.2 Å². The van der Waals surface area contributed by atoms with Crippen LogP contribution in [0.3, 0.4) is 0 Å². The second kappa shape index (κ2) is 6.72. The monoisotopic (exact) mass is 290 g/mol. The van der Waals surface area contributed by atoms with Gasteiger partial charge in [0.05, 0.1) is 6.04 Å². The Balaban J connectivity index is 2.10. The van der Waals surface area contributed by atoms with Gasteiger partial charge in [-0.15, -0.1) is 0 Å². The van der Waals surface area contributed by atoms with Gasteiger partial charge in [0.15, 0.2) is 5.78 Å². The van der Waals surface area contributed by atoms with E-state index in [9.17, 15) is 9.59 Å².